The molecule has 1 N–H and O–H groups in total. The Morgan fingerprint density at radius 3 is 2.79 bits per heavy atom. The molecule has 3 aliphatic rings. The van der Waals surface area contributed by atoms with E-state index in [2.05, 4.69) is 37.3 Å². The summed E-state index contributed by atoms with van der Waals surface area (Å²) >= 11 is 0. The van der Waals surface area contributed by atoms with Crippen LogP contribution in [0.25, 0.3) is 0 Å². The monoisotopic (exact) mass is 388 g/mol. The predicted molar refractivity (Wildman–Crippen MR) is 113 cm³/mol. The van der Waals surface area contributed by atoms with E-state index >= 15 is 0 Å². The molecule has 3 heteroatoms. The molecule has 2 aromatic rings. The maximum Gasteiger partial charge on any atom is 0.168 e. The summed E-state index contributed by atoms with van der Waals surface area (Å²) in [4.78, 5) is 12.8. The summed E-state index contributed by atoms with van der Waals surface area (Å²) in [6.07, 6.45) is 5.93. The second-order valence-corrected chi connectivity index (χ2v) is 9.19. The van der Waals surface area contributed by atoms with Gasteiger partial charge in [-0.05, 0) is 78.7 Å². The highest BCUT2D eigenvalue weighted by atomic mass is 16.5. The van der Waals surface area contributed by atoms with Crippen LogP contribution < -0.4 is 4.74 Å². The Hall–Kier alpha value is -2.55. The normalized spacial score (nSPS) is 31.8. The van der Waals surface area contributed by atoms with Crippen molar-refractivity contribution in [2.75, 3.05) is 0 Å². The number of aliphatic hydroxyl groups excluding tert-OH is 1. The van der Waals surface area contributed by atoms with Crippen molar-refractivity contribution in [2.24, 2.45) is 17.3 Å². The van der Waals surface area contributed by atoms with Crippen molar-refractivity contribution in [1.29, 1.82) is 0 Å². The number of carbonyl (C=O) groups excluding carboxylic acids is 1. The van der Waals surface area contributed by atoms with E-state index < -0.39 is 0 Å². The van der Waals surface area contributed by atoms with Gasteiger partial charge in [-0.1, -0.05) is 43.3 Å². The van der Waals surface area contributed by atoms with E-state index in [1.165, 1.54) is 16.7 Å². The van der Waals surface area contributed by atoms with Gasteiger partial charge in [-0.25, -0.2) is 0 Å². The second-order valence-electron chi connectivity index (χ2n) is 9.19. The average Bonchev–Trinajstić information content (AvgIpc) is 3.03. The Morgan fingerprint density at radius 2 is 2.00 bits per heavy atom. The largest absolute Gasteiger partial charge is 0.515 e. The summed E-state index contributed by atoms with van der Waals surface area (Å²) in [6, 6.07) is 16.8. The molecule has 0 aliphatic heterocycles. The fraction of sp³-hybridized carbons (Fsp3) is 0.423. The van der Waals surface area contributed by atoms with E-state index in [0.29, 0.717) is 29.9 Å². The van der Waals surface area contributed by atoms with Gasteiger partial charge in [-0.3, -0.25) is 4.79 Å². The Balaban J connectivity index is 1.36. The number of aryl methyl sites for hydroxylation is 1. The summed E-state index contributed by atoms with van der Waals surface area (Å²) in [5, 5.41) is 9.52. The van der Waals surface area contributed by atoms with Gasteiger partial charge in [0.2, 0.25) is 0 Å². The standard InChI is InChI=1S/C26H28O3/c1-26-12-11-22-21-10-8-20(29-16-17-5-3-2-4-6-17)13-18(21)7-9-23(22)24(26)14-19(15-27)25(26)28/h2-6,8,10,13,15,22-24,27H,7,9,11-12,14,16H2,1H3/b19-15-/t22-,23-,24+,26-/m1/s1. The van der Waals surface area contributed by atoms with E-state index in [9.17, 15) is 9.90 Å². The molecule has 0 saturated heterocycles. The van der Waals surface area contributed by atoms with Crippen LogP contribution in [-0.2, 0) is 17.8 Å². The smallest absolute Gasteiger partial charge is 0.168 e. The van der Waals surface area contributed by atoms with Crippen LogP contribution in [0.4, 0.5) is 0 Å². The highest BCUT2D eigenvalue weighted by Gasteiger charge is 2.56. The maximum atomic E-state index is 12.8. The van der Waals surface area contributed by atoms with Crippen LogP contribution in [-0.4, -0.2) is 10.9 Å². The zero-order chi connectivity index (χ0) is 20.0. The summed E-state index contributed by atoms with van der Waals surface area (Å²) in [5.41, 5.74) is 4.38. The first-order valence-electron chi connectivity index (χ1n) is 10.8. The lowest BCUT2D eigenvalue weighted by atomic mass is 9.55. The van der Waals surface area contributed by atoms with Crippen molar-refractivity contribution in [2.45, 2.75) is 51.6 Å². The molecule has 2 fully saturated rings. The van der Waals surface area contributed by atoms with Gasteiger partial charge in [0.15, 0.2) is 5.78 Å². The van der Waals surface area contributed by atoms with Gasteiger partial charge in [0.1, 0.15) is 12.4 Å². The molecule has 3 nitrogen and oxygen atoms in total. The number of fused-ring (bicyclic) bond motifs is 5. The lowest BCUT2D eigenvalue weighted by molar-refractivity contribution is -0.127. The second kappa shape index (κ2) is 7.05. The molecule has 0 unspecified atom stereocenters. The van der Waals surface area contributed by atoms with Crippen LogP contribution in [0.1, 0.15) is 55.2 Å². The third kappa shape index (κ3) is 2.99. The fourth-order valence-corrected chi connectivity index (χ4v) is 6.18. The molecular weight excluding hydrogens is 360 g/mol. The van der Waals surface area contributed by atoms with Gasteiger partial charge in [0.05, 0.1) is 6.26 Å². The van der Waals surface area contributed by atoms with E-state index in [1.54, 1.807) is 0 Å². The minimum Gasteiger partial charge on any atom is -0.515 e. The van der Waals surface area contributed by atoms with E-state index in [4.69, 9.17) is 4.74 Å². The summed E-state index contributed by atoms with van der Waals surface area (Å²) in [5.74, 6) is 2.52. The number of Topliss-reactive ketones (excluding diaryl/α,β-unsaturated/α-hetero) is 1. The zero-order valence-electron chi connectivity index (χ0n) is 16.9. The SMILES string of the molecule is C[C@@]12CC[C@@H]3c4ccc(OCc5ccccc5)cc4CC[C@H]3[C@@H]1C/C(=C/O)C2=O. The molecular formula is C26H28O3. The average molecular weight is 389 g/mol. The molecule has 0 bridgehead atoms. The highest BCUT2D eigenvalue weighted by Crippen LogP contribution is 2.60. The fourth-order valence-electron chi connectivity index (χ4n) is 6.18. The molecule has 29 heavy (non-hydrogen) atoms. The summed E-state index contributed by atoms with van der Waals surface area (Å²) < 4.78 is 6.04. The Labute approximate surface area is 172 Å². The molecule has 5 rings (SSSR count). The Bertz CT molecular complexity index is 961. The first kappa shape index (κ1) is 18.5. The van der Waals surface area contributed by atoms with Gasteiger partial charge in [0, 0.05) is 11.0 Å². The third-order valence-electron chi connectivity index (χ3n) is 7.74. The van der Waals surface area contributed by atoms with Crippen LogP contribution in [0, 0.1) is 17.3 Å². The highest BCUT2D eigenvalue weighted by molar-refractivity contribution is 6.02. The first-order valence-corrected chi connectivity index (χ1v) is 10.8. The number of ether oxygens (including phenoxy) is 1. The molecule has 3 aliphatic carbocycles. The summed E-state index contributed by atoms with van der Waals surface area (Å²) in [6.45, 7) is 2.72. The molecule has 2 saturated carbocycles. The van der Waals surface area contributed by atoms with Gasteiger partial charge in [-0.2, -0.15) is 0 Å². The zero-order valence-corrected chi connectivity index (χ0v) is 16.9. The Kier molecular flexibility index (Phi) is 4.49. The molecule has 2 aromatic carbocycles. The molecule has 150 valence electrons. The van der Waals surface area contributed by atoms with E-state index in [-0.39, 0.29) is 11.2 Å². The van der Waals surface area contributed by atoms with Gasteiger partial charge in [0.25, 0.3) is 0 Å². The molecule has 0 spiro atoms. The number of benzene rings is 2. The number of hydrogen-bond acceptors (Lipinski definition) is 3. The van der Waals surface area contributed by atoms with Gasteiger partial charge in [-0.15, -0.1) is 0 Å². The topological polar surface area (TPSA) is 46.5 Å². The third-order valence-corrected chi connectivity index (χ3v) is 7.74. The van der Waals surface area contributed by atoms with Crippen molar-refractivity contribution in [3.8, 4) is 5.75 Å². The molecule has 4 atom stereocenters. The minimum atomic E-state index is -0.286. The van der Waals surface area contributed by atoms with Crippen molar-refractivity contribution in [3.05, 3.63) is 77.1 Å². The van der Waals surface area contributed by atoms with Crippen LogP contribution in [0.15, 0.2) is 60.4 Å². The number of allylic oxidation sites excluding steroid dienone is 1. The number of rotatable bonds is 3. The lowest BCUT2D eigenvalue weighted by Crippen LogP contribution is -2.42. The van der Waals surface area contributed by atoms with Crippen molar-refractivity contribution < 1.29 is 14.6 Å². The Morgan fingerprint density at radius 1 is 1.17 bits per heavy atom. The number of aliphatic hydroxyl groups is 1. The summed E-state index contributed by atoms with van der Waals surface area (Å²) in [7, 11) is 0. The first-order chi connectivity index (χ1) is 14.1. The predicted octanol–water partition coefficient (Wildman–Crippen LogP) is 5.74. The van der Waals surface area contributed by atoms with Crippen LogP contribution in [0.3, 0.4) is 0 Å². The quantitative estimate of drug-likeness (QED) is 0.538. The molecule has 0 amide bonds. The maximum absolute atomic E-state index is 12.8. The van der Waals surface area contributed by atoms with Crippen molar-refractivity contribution in [1.82, 2.24) is 0 Å². The van der Waals surface area contributed by atoms with E-state index in [0.717, 1.165) is 44.1 Å². The van der Waals surface area contributed by atoms with Gasteiger partial charge >= 0.3 is 0 Å². The molecule has 0 radical (unpaired) electrons. The minimum absolute atomic E-state index is 0.180. The van der Waals surface area contributed by atoms with E-state index in [1.807, 2.05) is 18.2 Å². The van der Waals surface area contributed by atoms with Crippen LogP contribution in [0.5, 0.6) is 5.75 Å². The number of ketones is 1. The van der Waals surface area contributed by atoms with Gasteiger partial charge < -0.3 is 9.84 Å². The number of carbonyl (C=O) groups is 1. The lowest BCUT2D eigenvalue weighted by Gasteiger charge is -2.48. The van der Waals surface area contributed by atoms with Crippen molar-refractivity contribution >= 4 is 5.78 Å². The van der Waals surface area contributed by atoms with Crippen LogP contribution >= 0.6 is 0 Å². The van der Waals surface area contributed by atoms with Crippen molar-refractivity contribution in [3.63, 3.8) is 0 Å². The molecule has 0 aromatic heterocycles. The van der Waals surface area contributed by atoms with Crippen LogP contribution in [0.2, 0.25) is 0 Å². The molecule has 0 heterocycles. The number of hydrogen-bond donors (Lipinski definition) is 1.